The molecule has 0 aliphatic heterocycles. The van der Waals surface area contributed by atoms with Crippen LogP contribution in [0.5, 0.6) is 0 Å². The lowest BCUT2D eigenvalue weighted by atomic mass is 10.1. The minimum Gasteiger partial charge on any atom is -0.339 e. The Morgan fingerprint density at radius 1 is 1.13 bits per heavy atom. The van der Waals surface area contributed by atoms with Crippen molar-refractivity contribution in [1.82, 2.24) is 15.1 Å². The van der Waals surface area contributed by atoms with Crippen LogP contribution in [0.15, 0.2) is 78.3 Å². The number of non-ortho nitro benzene ring substituents is 1. The monoisotopic (exact) mass is 438 g/mol. The number of hydrogen-bond donors (Lipinski definition) is 1. The van der Waals surface area contributed by atoms with Gasteiger partial charge in [-0.1, -0.05) is 35.9 Å². The van der Waals surface area contributed by atoms with Gasteiger partial charge in [-0.2, -0.15) is 5.10 Å². The molecular weight excluding hydrogens is 424 g/mol. The smallest absolute Gasteiger partial charge is 0.272 e. The molecule has 2 aromatic heterocycles. The Bertz CT molecular complexity index is 1190. The van der Waals surface area contributed by atoms with Crippen LogP contribution < -0.4 is 5.32 Å². The summed E-state index contributed by atoms with van der Waals surface area (Å²) < 4.78 is 1.43. The molecule has 0 fully saturated rings. The maximum atomic E-state index is 12.9. The Kier molecular flexibility index (Phi) is 5.60. The fourth-order valence-corrected chi connectivity index (χ4v) is 3.90. The van der Waals surface area contributed by atoms with E-state index in [0.717, 1.165) is 10.4 Å². The third kappa shape index (κ3) is 4.24. The van der Waals surface area contributed by atoms with Gasteiger partial charge in [-0.15, -0.1) is 11.3 Å². The average Bonchev–Trinajstić information content (AvgIpc) is 3.45. The van der Waals surface area contributed by atoms with Crippen molar-refractivity contribution in [3.05, 3.63) is 110 Å². The first-order valence-corrected chi connectivity index (χ1v) is 10.2. The molecule has 4 aromatic rings. The molecule has 7 nitrogen and oxygen atoms in total. The average molecular weight is 439 g/mol. The van der Waals surface area contributed by atoms with E-state index in [1.165, 1.54) is 28.2 Å². The second kappa shape index (κ2) is 8.48. The van der Waals surface area contributed by atoms with E-state index in [9.17, 15) is 14.9 Å². The number of aromatic nitrogens is 2. The summed E-state index contributed by atoms with van der Waals surface area (Å²) in [6.07, 6.45) is 1.59. The zero-order valence-corrected chi connectivity index (χ0v) is 17.0. The van der Waals surface area contributed by atoms with Crippen molar-refractivity contribution in [2.75, 3.05) is 0 Å². The summed E-state index contributed by atoms with van der Waals surface area (Å²) in [4.78, 5) is 24.4. The van der Waals surface area contributed by atoms with Crippen LogP contribution in [-0.2, 0) is 0 Å². The summed E-state index contributed by atoms with van der Waals surface area (Å²) in [5.74, 6) is -0.354. The summed E-state index contributed by atoms with van der Waals surface area (Å²) in [5.41, 5.74) is 1.55. The number of nitro groups is 1. The second-order valence-corrected chi connectivity index (χ2v) is 7.81. The number of hydrogen-bond acceptors (Lipinski definition) is 5. The molecule has 0 bridgehead atoms. The van der Waals surface area contributed by atoms with Gasteiger partial charge in [0.2, 0.25) is 0 Å². The van der Waals surface area contributed by atoms with E-state index in [-0.39, 0.29) is 23.3 Å². The maximum absolute atomic E-state index is 12.9. The molecule has 1 N–H and O–H groups in total. The largest absolute Gasteiger partial charge is 0.339 e. The van der Waals surface area contributed by atoms with Gasteiger partial charge in [0.15, 0.2) is 5.69 Å². The topological polar surface area (TPSA) is 90.1 Å². The Morgan fingerprint density at radius 3 is 2.63 bits per heavy atom. The van der Waals surface area contributed by atoms with Gasteiger partial charge in [0.05, 0.1) is 16.7 Å². The standard InChI is InChI=1S/C21H15ClN4O3S/c22-15-8-6-14(7-9-15)20(19-5-2-12-30-19)23-21(27)18-10-11-25(24-18)16-3-1-4-17(13-16)26(28)29/h1-13,20H,(H,23,27). The number of benzene rings is 2. The van der Waals surface area contributed by atoms with Crippen molar-refractivity contribution in [1.29, 1.82) is 0 Å². The number of amides is 1. The van der Waals surface area contributed by atoms with E-state index in [1.54, 1.807) is 36.5 Å². The molecule has 0 aliphatic rings. The normalized spacial score (nSPS) is 11.8. The van der Waals surface area contributed by atoms with E-state index in [0.29, 0.717) is 10.7 Å². The highest BCUT2D eigenvalue weighted by atomic mass is 35.5. The number of rotatable bonds is 6. The molecule has 0 aliphatic carbocycles. The molecule has 0 radical (unpaired) electrons. The van der Waals surface area contributed by atoms with Crippen molar-refractivity contribution in [2.45, 2.75) is 6.04 Å². The van der Waals surface area contributed by atoms with Gasteiger partial charge in [-0.05, 0) is 41.3 Å². The van der Waals surface area contributed by atoms with E-state index in [4.69, 9.17) is 11.6 Å². The molecule has 0 spiro atoms. The number of carbonyl (C=O) groups is 1. The number of nitrogens with zero attached hydrogens (tertiary/aromatic N) is 3. The van der Waals surface area contributed by atoms with Crippen LogP contribution in [0.1, 0.15) is 27.0 Å². The molecule has 1 amide bonds. The van der Waals surface area contributed by atoms with Crippen molar-refractivity contribution in [2.24, 2.45) is 0 Å². The van der Waals surface area contributed by atoms with Gasteiger partial charge >= 0.3 is 0 Å². The van der Waals surface area contributed by atoms with Crippen molar-refractivity contribution in [3.8, 4) is 5.69 Å². The number of carbonyl (C=O) groups excluding carboxylic acids is 1. The molecule has 30 heavy (non-hydrogen) atoms. The Balaban J connectivity index is 1.59. The fourth-order valence-electron chi connectivity index (χ4n) is 2.97. The lowest BCUT2D eigenvalue weighted by Crippen LogP contribution is -2.29. The highest BCUT2D eigenvalue weighted by molar-refractivity contribution is 7.10. The lowest BCUT2D eigenvalue weighted by Gasteiger charge is -2.17. The zero-order chi connectivity index (χ0) is 21.1. The number of nitro benzene ring substituents is 1. The van der Waals surface area contributed by atoms with Gasteiger partial charge in [0.25, 0.3) is 11.6 Å². The van der Waals surface area contributed by atoms with Crippen LogP contribution in [0.3, 0.4) is 0 Å². The highest BCUT2D eigenvalue weighted by Gasteiger charge is 2.20. The Morgan fingerprint density at radius 2 is 1.93 bits per heavy atom. The molecule has 1 unspecified atom stereocenters. The lowest BCUT2D eigenvalue weighted by molar-refractivity contribution is -0.384. The molecule has 0 saturated carbocycles. The molecule has 0 saturated heterocycles. The van der Waals surface area contributed by atoms with Gasteiger partial charge in [0, 0.05) is 28.2 Å². The van der Waals surface area contributed by atoms with Crippen LogP contribution in [0.4, 0.5) is 5.69 Å². The molecule has 9 heteroatoms. The van der Waals surface area contributed by atoms with Crippen LogP contribution in [0.25, 0.3) is 5.69 Å². The van der Waals surface area contributed by atoms with Crippen molar-refractivity contribution >= 4 is 34.5 Å². The van der Waals surface area contributed by atoms with E-state index < -0.39 is 4.92 Å². The van der Waals surface area contributed by atoms with Gasteiger partial charge < -0.3 is 5.32 Å². The van der Waals surface area contributed by atoms with E-state index in [1.807, 2.05) is 29.6 Å². The molecule has 2 aromatic carbocycles. The van der Waals surface area contributed by atoms with Gasteiger partial charge in [-0.25, -0.2) is 4.68 Å². The van der Waals surface area contributed by atoms with Crippen molar-refractivity contribution < 1.29 is 9.72 Å². The molecular formula is C21H15ClN4O3S. The SMILES string of the molecule is O=C(NC(c1ccc(Cl)cc1)c1cccs1)c1ccn(-c2cccc([N+](=O)[O-])c2)n1. The third-order valence-electron chi connectivity index (χ3n) is 4.43. The number of nitrogens with one attached hydrogen (secondary N) is 1. The second-order valence-electron chi connectivity index (χ2n) is 6.40. The van der Waals surface area contributed by atoms with Crippen LogP contribution in [-0.4, -0.2) is 20.6 Å². The Hall–Kier alpha value is -3.49. The molecule has 2 heterocycles. The van der Waals surface area contributed by atoms with Crippen LogP contribution in [0.2, 0.25) is 5.02 Å². The first-order valence-electron chi connectivity index (χ1n) is 8.91. The predicted molar refractivity (Wildman–Crippen MR) is 115 cm³/mol. The van der Waals surface area contributed by atoms with Gasteiger partial charge in [-0.3, -0.25) is 14.9 Å². The summed E-state index contributed by atoms with van der Waals surface area (Å²) >= 11 is 7.53. The number of thiophene rings is 1. The minimum absolute atomic E-state index is 0.0468. The van der Waals surface area contributed by atoms with E-state index >= 15 is 0 Å². The summed E-state index contributed by atoms with van der Waals surface area (Å²) in [6.45, 7) is 0. The Labute approximate surface area is 180 Å². The summed E-state index contributed by atoms with van der Waals surface area (Å²) in [7, 11) is 0. The quantitative estimate of drug-likeness (QED) is 0.338. The first-order chi connectivity index (χ1) is 14.5. The zero-order valence-electron chi connectivity index (χ0n) is 15.4. The van der Waals surface area contributed by atoms with Crippen molar-refractivity contribution in [3.63, 3.8) is 0 Å². The van der Waals surface area contributed by atoms with Crippen LogP contribution >= 0.6 is 22.9 Å². The molecule has 150 valence electrons. The minimum atomic E-state index is -0.474. The third-order valence-corrected chi connectivity index (χ3v) is 5.62. The van der Waals surface area contributed by atoms with Crippen LogP contribution in [0, 0.1) is 10.1 Å². The molecule has 1 atom stereocenters. The fraction of sp³-hybridized carbons (Fsp3) is 0.0476. The molecule has 4 rings (SSSR count). The first kappa shape index (κ1) is 19.8. The predicted octanol–water partition coefficient (Wildman–Crippen LogP) is 5.01. The van der Waals surface area contributed by atoms with Gasteiger partial charge in [0.1, 0.15) is 0 Å². The number of halogens is 1. The maximum Gasteiger partial charge on any atom is 0.272 e. The summed E-state index contributed by atoms with van der Waals surface area (Å²) in [5, 5.41) is 20.9. The summed E-state index contributed by atoms with van der Waals surface area (Å²) in [6, 6.07) is 18.4. The van der Waals surface area contributed by atoms with E-state index in [2.05, 4.69) is 10.4 Å². The highest BCUT2D eigenvalue weighted by Crippen LogP contribution is 2.27.